The first-order valence-corrected chi connectivity index (χ1v) is 7.67. The second-order valence-corrected chi connectivity index (χ2v) is 6.27. The summed E-state index contributed by atoms with van der Waals surface area (Å²) >= 11 is 2.10. The number of nitrogens with zero attached hydrogens (tertiary/aromatic N) is 2. The molecule has 2 aliphatic heterocycles. The smallest absolute Gasteiger partial charge is 0.0255 e. The predicted molar refractivity (Wildman–Crippen MR) is 72.0 cm³/mol. The number of nitrogens with two attached hydrogens (primary N) is 1. The van der Waals surface area contributed by atoms with E-state index in [1.165, 1.54) is 50.5 Å². The lowest BCUT2D eigenvalue weighted by Gasteiger charge is -2.33. The van der Waals surface area contributed by atoms with Gasteiger partial charge in [-0.3, -0.25) is 4.90 Å². The molecule has 3 nitrogen and oxygen atoms in total. The number of likely N-dealkylation sites (N-methyl/N-ethyl adjacent to an activating group) is 1. The minimum Gasteiger partial charge on any atom is -0.329 e. The van der Waals surface area contributed by atoms with E-state index in [2.05, 4.69) is 28.6 Å². The molecular weight excluding hydrogens is 218 g/mol. The lowest BCUT2D eigenvalue weighted by atomic mass is 9.97. The average molecular weight is 243 g/mol. The van der Waals surface area contributed by atoms with Crippen molar-refractivity contribution in [3.63, 3.8) is 0 Å². The van der Waals surface area contributed by atoms with Crippen LogP contribution in [0.15, 0.2) is 0 Å². The molecule has 94 valence electrons. The van der Waals surface area contributed by atoms with E-state index in [1.807, 2.05) is 0 Å². The van der Waals surface area contributed by atoms with Crippen LogP contribution in [0.5, 0.6) is 0 Å². The Morgan fingerprint density at radius 1 is 1.31 bits per heavy atom. The standard InChI is InChI=1S/C12H25N3S/c1-14-4-2-5-15(7-6-14)12(9-13)11-3-8-16-10-11/h11-12H,2-10,13H2,1H3. The first-order chi connectivity index (χ1) is 7.81. The highest BCUT2D eigenvalue weighted by molar-refractivity contribution is 7.99. The summed E-state index contributed by atoms with van der Waals surface area (Å²) in [7, 11) is 2.23. The molecule has 2 fully saturated rings. The highest BCUT2D eigenvalue weighted by Crippen LogP contribution is 2.28. The van der Waals surface area contributed by atoms with Gasteiger partial charge in [0.25, 0.3) is 0 Å². The van der Waals surface area contributed by atoms with E-state index in [9.17, 15) is 0 Å². The normalized spacial score (nSPS) is 31.5. The molecule has 2 unspecified atom stereocenters. The van der Waals surface area contributed by atoms with Gasteiger partial charge in [0.05, 0.1) is 0 Å². The zero-order chi connectivity index (χ0) is 11.4. The molecule has 0 aromatic rings. The Kier molecular flexibility index (Phi) is 4.95. The monoisotopic (exact) mass is 243 g/mol. The Balaban J connectivity index is 1.91. The molecule has 0 radical (unpaired) electrons. The summed E-state index contributed by atoms with van der Waals surface area (Å²) in [6, 6.07) is 0.640. The van der Waals surface area contributed by atoms with E-state index >= 15 is 0 Å². The average Bonchev–Trinajstić information content (AvgIpc) is 2.71. The number of hydrogen-bond donors (Lipinski definition) is 1. The summed E-state index contributed by atoms with van der Waals surface area (Å²) in [5.74, 6) is 3.52. The molecule has 0 aromatic carbocycles. The van der Waals surface area contributed by atoms with E-state index < -0.39 is 0 Å². The highest BCUT2D eigenvalue weighted by atomic mass is 32.2. The van der Waals surface area contributed by atoms with Crippen LogP contribution in [0.2, 0.25) is 0 Å². The zero-order valence-electron chi connectivity index (χ0n) is 10.4. The van der Waals surface area contributed by atoms with Crippen molar-refractivity contribution in [2.75, 3.05) is 51.3 Å². The molecule has 0 bridgehead atoms. The summed E-state index contributed by atoms with van der Waals surface area (Å²) in [4.78, 5) is 5.09. The van der Waals surface area contributed by atoms with Gasteiger partial charge < -0.3 is 10.6 Å². The van der Waals surface area contributed by atoms with Gasteiger partial charge in [-0.2, -0.15) is 11.8 Å². The van der Waals surface area contributed by atoms with Gasteiger partial charge >= 0.3 is 0 Å². The SMILES string of the molecule is CN1CCCN(C(CN)C2CCSC2)CC1. The van der Waals surface area contributed by atoms with Crippen LogP contribution < -0.4 is 5.73 Å². The van der Waals surface area contributed by atoms with Crippen LogP contribution in [0.1, 0.15) is 12.8 Å². The minimum atomic E-state index is 0.640. The van der Waals surface area contributed by atoms with E-state index in [-0.39, 0.29) is 0 Å². The summed E-state index contributed by atoms with van der Waals surface area (Å²) in [5.41, 5.74) is 6.00. The third-order valence-corrected chi connectivity index (χ3v) is 5.16. The van der Waals surface area contributed by atoms with Gasteiger partial charge in [-0.25, -0.2) is 0 Å². The Bertz CT molecular complexity index is 206. The van der Waals surface area contributed by atoms with Gasteiger partial charge in [0.15, 0.2) is 0 Å². The van der Waals surface area contributed by atoms with Crippen molar-refractivity contribution in [1.29, 1.82) is 0 Å². The van der Waals surface area contributed by atoms with E-state index in [1.54, 1.807) is 0 Å². The van der Waals surface area contributed by atoms with Crippen LogP contribution in [0, 0.1) is 5.92 Å². The Morgan fingerprint density at radius 2 is 2.19 bits per heavy atom. The summed E-state index contributed by atoms with van der Waals surface area (Å²) in [6.07, 6.45) is 2.67. The van der Waals surface area contributed by atoms with E-state index in [4.69, 9.17) is 5.73 Å². The lowest BCUT2D eigenvalue weighted by Crippen LogP contribution is -2.47. The van der Waals surface area contributed by atoms with Crippen molar-refractivity contribution in [3.05, 3.63) is 0 Å². The molecule has 2 N–H and O–H groups in total. The molecule has 2 aliphatic rings. The van der Waals surface area contributed by atoms with Crippen molar-refractivity contribution >= 4 is 11.8 Å². The number of hydrogen-bond acceptors (Lipinski definition) is 4. The minimum absolute atomic E-state index is 0.640. The molecule has 0 amide bonds. The summed E-state index contributed by atoms with van der Waals surface area (Å²) < 4.78 is 0. The third-order valence-electron chi connectivity index (χ3n) is 3.97. The first-order valence-electron chi connectivity index (χ1n) is 6.51. The molecule has 0 spiro atoms. The van der Waals surface area contributed by atoms with Gasteiger partial charge in [0.2, 0.25) is 0 Å². The van der Waals surface area contributed by atoms with E-state index in [0.717, 1.165) is 12.5 Å². The topological polar surface area (TPSA) is 32.5 Å². The molecule has 16 heavy (non-hydrogen) atoms. The highest BCUT2D eigenvalue weighted by Gasteiger charge is 2.29. The number of rotatable bonds is 3. The van der Waals surface area contributed by atoms with Crippen molar-refractivity contribution < 1.29 is 0 Å². The molecule has 0 aliphatic carbocycles. The van der Waals surface area contributed by atoms with Crippen LogP contribution in [0.3, 0.4) is 0 Å². The fourth-order valence-corrected chi connectivity index (χ4v) is 4.22. The third kappa shape index (κ3) is 3.13. The largest absolute Gasteiger partial charge is 0.329 e. The van der Waals surface area contributed by atoms with Crippen LogP contribution >= 0.6 is 11.8 Å². The maximum Gasteiger partial charge on any atom is 0.0255 e. The van der Waals surface area contributed by atoms with Crippen molar-refractivity contribution in [2.24, 2.45) is 11.7 Å². The van der Waals surface area contributed by atoms with Crippen LogP contribution in [0.4, 0.5) is 0 Å². The maximum absolute atomic E-state index is 6.00. The molecule has 0 aromatic heterocycles. The number of thioether (sulfide) groups is 1. The maximum atomic E-state index is 6.00. The molecule has 2 saturated heterocycles. The molecule has 2 rings (SSSR count). The second-order valence-electron chi connectivity index (χ2n) is 5.12. The Labute approximate surface area is 104 Å². The lowest BCUT2D eigenvalue weighted by molar-refractivity contribution is 0.160. The first kappa shape index (κ1) is 12.7. The second kappa shape index (κ2) is 6.24. The van der Waals surface area contributed by atoms with Crippen molar-refractivity contribution in [3.8, 4) is 0 Å². The fourth-order valence-electron chi connectivity index (χ4n) is 2.89. The Hall–Kier alpha value is 0.230. The molecule has 4 heteroatoms. The van der Waals surface area contributed by atoms with Gasteiger partial charge in [-0.05, 0) is 50.4 Å². The quantitative estimate of drug-likeness (QED) is 0.791. The van der Waals surface area contributed by atoms with Gasteiger partial charge in [-0.1, -0.05) is 0 Å². The molecule has 0 saturated carbocycles. The fraction of sp³-hybridized carbons (Fsp3) is 1.00. The molecule has 2 heterocycles. The van der Waals surface area contributed by atoms with Gasteiger partial charge in [0.1, 0.15) is 0 Å². The van der Waals surface area contributed by atoms with Crippen molar-refractivity contribution in [2.45, 2.75) is 18.9 Å². The predicted octanol–water partition coefficient (Wildman–Crippen LogP) is 0.704. The zero-order valence-corrected chi connectivity index (χ0v) is 11.2. The van der Waals surface area contributed by atoms with Gasteiger partial charge in [0, 0.05) is 25.7 Å². The summed E-state index contributed by atoms with van der Waals surface area (Å²) in [5, 5.41) is 0. The van der Waals surface area contributed by atoms with Crippen LogP contribution in [0.25, 0.3) is 0 Å². The van der Waals surface area contributed by atoms with Gasteiger partial charge in [-0.15, -0.1) is 0 Å². The summed E-state index contributed by atoms with van der Waals surface area (Å²) in [6.45, 7) is 5.74. The van der Waals surface area contributed by atoms with E-state index in [0.29, 0.717) is 6.04 Å². The van der Waals surface area contributed by atoms with Crippen molar-refractivity contribution in [1.82, 2.24) is 9.80 Å². The Morgan fingerprint density at radius 3 is 2.88 bits per heavy atom. The van der Waals surface area contributed by atoms with Crippen LogP contribution in [-0.4, -0.2) is 67.1 Å². The molecule has 2 atom stereocenters. The van der Waals surface area contributed by atoms with Crippen LogP contribution in [-0.2, 0) is 0 Å². The molecular formula is C12H25N3S.